The van der Waals surface area contributed by atoms with E-state index in [9.17, 15) is 9.59 Å². The molecular weight excluding hydrogens is 356 g/mol. The minimum Gasteiger partial charge on any atom is -0.364 e. The van der Waals surface area contributed by atoms with E-state index < -0.39 is 0 Å². The number of nitrogens with zero attached hydrogens (tertiary/aromatic N) is 2. The number of rotatable bonds is 6. The maximum Gasteiger partial charge on any atom is 0.263 e. The lowest BCUT2D eigenvalue weighted by Gasteiger charge is -2.24. The normalized spacial score (nSPS) is 16.5. The smallest absolute Gasteiger partial charge is 0.263 e. The molecule has 0 unspecified atom stereocenters. The average molecular weight is 376 g/mol. The minimum absolute atomic E-state index is 0.0652. The molecule has 0 radical (unpaired) electrons. The molecule has 2 aromatic carbocycles. The highest BCUT2D eigenvalue weighted by Crippen LogP contribution is 2.46. The van der Waals surface area contributed by atoms with E-state index >= 15 is 0 Å². The van der Waals surface area contributed by atoms with Crippen LogP contribution in [0.3, 0.4) is 0 Å². The number of methoxy groups -OCH3 is 2. The molecule has 28 heavy (non-hydrogen) atoms. The quantitative estimate of drug-likeness (QED) is 0.778. The molecule has 0 fully saturated rings. The summed E-state index contributed by atoms with van der Waals surface area (Å²) < 4.78 is 10.5. The molecular formula is C22H20N2O4. The van der Waals surface area contributed by atoms with Crippen molar-refractivity contribution < 1.29 is 19.1 Å². The lowest BCUT2D eigenvalue weighted by molar-refractivity contribution is -0.127. The summed E-state index contributed by atoms with van der Waals surface area (Å²) in [7, 11) is 3.06. The Bertz CT molecular complexity index is 899. The fourth-order valence-electron chi connectivity index (χ4n) is 3.69. The molecule has 0 saturated heterocycles. The Morgan fingerprint density at radius 1 is 0.643 bits per heavy atom. The Labute approximate surface area is 163 Å². The van der Waals surface area contributed by atoms with E-state index in [1.807, 2.05) is 60.7 Å². The summed E-state index contributed by atoms with van der Waals surface area (Å²) in [5.74, 6) is -0.497. The number of carbonyl (C=O) groups excluding carboxylic acids is 2. The number of ether oxygens (including phenoxy) is 2. The highest BCUT2D eigenvalue weighted by molar-refractivity contribution is 6.30. The van der Waals surface area contributed by atoms with E-state index in [1.165, 1.54) is 24.0 Å². The van der Waals surface area contributed by atoms with Crippen LogP contribution < -0.4 is 0 Å². The minimum atomic E-state index is -0.249. The second-order valence-electron chi connectivity index (χ2n) is 6.48. The number of fused-ring (bicyclic) bond motifs is 1. The van der Waals surface area contributed by atoms with E-state index in [-0.39, 0.29) is 25.3 Å². The summed E-state index contributed by atoms with van der Waals surface area (Å²) >= 11 is 0. The molecule has 4 rings (SSSR count). The van der Waals surface area contributed by atoms with Gasteiger partial charge in [-0.2, -0.15) is 0 Å². The summed E-state index contributed by atoms with van der Waals surface area (Å²) in [5, 5.41) is 0. The lowest BCUT2D eigenvalue weighted by atomic mass is 10.0. The molecule has 0 aliphatic carbocycles. The van der Waals surface area contributed by atoms with Crippen molar-refractivity contribution in [3.63, 3.8) is 0 Å². The number of carbonyl (C=O) groups is 2. The van der Waals surface area contributed by atoms with Crippen LogP contribution in [-0.4, -0.2) is 49.3 Å². The molecule has 142 valence electrons. The predicted molar refractivity (Wildman–Crippen MR) is 104 cm³/mol. The predicted octanol–water partition coefficient (Wildman–Crippen LogP) is 2.70. The van der Waals surface area contributed by atoms with Gasteiger partial charge in [-0.25, -0.2) is 0 Å². The van der Waals surface area contributed by atoms with E-state index in [4.69, 9.17) is 9.47 Å². The van der Waals surface area contributed by atoms with Gasteiger partial charge in [0, 0.05) is 14.2 Å². The van der Waals surface area contributed by atoms with Crippen LogP contribution in [0.25, 0.3) is 11.4 Å². The molecule has 6 nitrogen and oxygen atoms in total. The van der Waals surface area contributed by atoms with Crippen molar-refractivity contribution in [2.45, 2.75) is 0 Å². The molecule has 0 N–H and O–H groups in total. The first-order chi connectivity index (χ1) is 13.7. The highest BCUT2D eigenvalue weighted by Gasteiger charge is 2.48. The molecule has 2 aliphatic heterocycles. The summed E-state index contributed by atoms with van der Waals surface area (Å²) in [5.41, 5.74) is 3.50. The van der Waals surface area contributed by atoms with Crippen LogP contribution in [0.2, 0.25) is 0 Å². The van der Waals surface area contributed by atoms with E-state index in [2.05, 4.69) is 0 Å². The molecule has 0 aromatic heterocycles. The Morgan fingerprint density at radius 2 is 1.00 bits per heavy atom. The van der Waals surface area contributed by atoms with Crippen molar-refractivity contribution >= 4 is 23.2 Å². The zero-order valence-corrected chi connectivity index (χ0v) is 15.7. The van der Waals surface area contributed by atoms with Gasteiger partial charge in [0.2, 0.25) is 0 Å². The summed E-state index contributed by atoms with van der Waals surface area (Å²) in [4.78, 5) is 29.8. The molecule has 2 amide bonds. The summed E-state index contributed by atoms with van der Waals surface area (Å²) in [6, 6.07) is 18.8. The van der Waals surface area contributed by atoms with Gasteiger partial charge in [0.25, 0.3) is 11.8 Å². The Morgan fingerprint density at radius 3 is 1.32 bits per heavy atom. The van der Waals surface area contributed by atoms with Gasteiger partial charge >= 0.3 is 0 Å². The number of hydrogen-bond acceptors (Lipinski definition) is 4. The molecule has 2 aromatic rings. The summed E-state index contributed by atoms with van der Waals surface area (Å²) in [6.45, 7) is 0.130. The van der Waals surface area contributed by atoms with Crippen LogP contribution >= 0.6 is 0 Å². The first kappa shape index (κ1) is 18.2. The first-order valence-corrected chi connectivity index (χ1v) is 8.90. The molecule has 0 atom stereocenters. The van der Waals surface area contributed by atoms with Crippen molar-refractivity contribution in [1.82, 2.24) is 9.80 Å². The van der Waals surface area contributed by atoms with E-state index in [0.29, 0.717) is 22.5 Å². The van der Waals surface area contributed by atoms with Crippen LogP contribution in [0, 0.1) is 0 Å². The Hall–Kier alpha value is -3.22. The van der Waals surface area contributed by atoms with Gasteiger partial charge in [0.05, 0.1) is 22.5 Å². The fraction of sp³-hybridized carbons (Fsp3) is 0.182. The van der Waals surface area contributed by atoms with Crippen molar-refractivity contribution in [1.29, 1.82) is 0 Å². The molecule has 0 saturated carbocycles. The van der Waals surface area contributed by atoms with Crippen molar-refractivity contribution in [3.05, 3.63) is 82.9 Å². The summed E-state index contributed by atoms with van der Waals surface area (Å²) in [6.07, 6.45) is 0. The second kappa shape index (κ2) is 7.42. The standard InChI is InChI=1S/C22H20N2O4/c1-27-13-23-19(15-9-5-3-6-10-15)17-18(21(23)25)20(16-11-7-4-8-12-16)24(14-28-2)22(17)26/h3-12H,13-14H2,1-2H3. The van der Waals surface area contributed by atoms with Gasteiger partial charge in [-0.15, -0.1) is 0 Å². The highest BCUT2D eigenvalue weighted by atomic mass is 16.5. The zero-order valence-electron chi connectivity index (χ0n) is 15.7. The largest absolute Gasteiger partial charge is 0.364 e. The average Bonchev–Trinajstić information content (AvgIpc) is 3.17. The van der Waals surface area contributed by atoms with Crippen LogP contribution in [0.4, 0.5) is 0 Å². The SMILES string of the molecule is COCN1C(=O)C2=C(c3ccccc3)N(COC)C(=O)C2=C1c1ccccc1. The van der Waals surface area contributed by atoms with E-state index in [1.54, 1.807) is 0 Å². The third-order valence-electron chi connectivity index (χ3n) is 4.79. The van der Waals surface area contributed by atoms with Gasteiger partial charge in [0.1, 0.15) is 13.5 Å². The Balaban J connectivity index is 2.00. The monoisotopic (exact) mass is 376 g/mol. The van der Waals surface area contributed by atoms with Gasteiger partial charge in [-0.3, -0.25) is 19.4 Å². The van der Waals surface area contributed by atoms with Crippen LogP contribution in [0.5, 0.6) is 0 Å². The fourth-order valence-corrected chi connectivity index (χ4v) is 3.69. The van der Waals surface area contributed by atoms with E-state index in [0.717, 1.165) is 11.1 Å². The van der Waals surface area contributed by atoms with Crippen molar-refractivity contribution in [2.75, 3.05) is 27.7 Å². The third kappa shape index (κ3) is 2.74. The number of benzene rings is 2. The maximum atomic E-state index is 13.4. The van der Waals surface area contributed by atoms with Crippen molar-refractivity contribution in [3.8, 4) is 0 Å². The zero-order chi connectivity index (χ0) is 19.7. The van der Waals surface area contributed by atoms with Crippen LogP contribution in [0.1, 0.15) is 11.1 Å². The van der Waals surface area contributed by atoms with Gasteiger partial charge in [0.15, 0.2) is 0 Å². The molecule has 2 aliphatic rings. The molecule has 0 spiro atoms. The third-order valence-corrected chi connectivity index (χ3v) is 4.79. The van der Waals surface area contributed by atoms with Gasteiger partial charge in [-0.1, -0.05) is 60.7 Å². The Kier molecular flexibility index (Phi) is 4.81. The van der Waals surface area contributed by atoms with Gasteiger partial charge in [-0.05, 0) is 11.1 Å². The topological polar surface area (TPSA) is 59.1 Å². The van der Waals surface area contributed by atoms with Gasteiger partial charge < -0.3 is 9.47 Å². The molecule has 0 bridgehead atoms. The molecule has 2 heterocycles. The van der Waals surface area contributed by atoms with Crippen LogP contribution in [-0.2, 0) is 19.1 Å². The number of amides is 2. The number of hydrogen-bond donors (Lipinski definition) is 0. The van der Waals surface area contributed by atoms with Crippen LogP contribution in [0.15, 0.2) is 71.8 Å². The first-order valence-electron chi connectivity index (χ1n) is 8.90. The second-order valence-corrected chi connectivity index (χ2v) is 6.48. The lowest BCUT2D eigenvalue weighted by Crippen LogP contribution is -2.31. The maximum absolute atomic E-state index is 13.4. The molecule has 6 heteroatoms. The van der Waals surface area contributed by atoms with Crippen molar-refractivity contribution in [2.24, 2.45) is 0 Å².